The number of allylic oxidation sites excluding steroid dienone is 1. The molecule has 0 aliphatic heterocycles. The topological polar surface area (TPSA) is 32.6 Å². The number of phenols is 1. The van der Waals surface area contributed by atoms with Crippen molar-refractivity contribution in [1.82, 2.24) is 0 Å². The van der Waals surface area contributed by atoms with Gasteiger partial charge in [0.2, 0.25) is 0 Å². The first-order valence-electron chi connectivity index (χ1n) is 4.40. The highest BCUT2D eigenvalue weighted by atomic mass is 35.5. The molecule has 0 heterocycles. The minimum absolute atomic E-state index is 0.0872. The van der Waals surface area contributed by atoms with E-state index in [2.05, 4.69) is 24.9 Å². The zero-order chi connectivity index (χ0) is 11.4. The number of benzene rings is 1. The maximum Gasteiger partial charge on any atom is 0.145 e. The van der Waals surface area contributed by atoms with Crippen LogP contribution in [-0.2, 0) is 6.42 Å². The third-order valence-electron chi connectivity index (χ3n) is 2.07. The minimum Gasteiger partial charge on any atom is -0.505 e. The number of hydrogen-bond acceptors (Lipinski definition) is 2. The highest BCUT2D eigenvalue weighted by Gasteiger charge is 2.12. The summed E-state index contributed by atoms with van der Waals surface area (Å²) in [4.78, 5) is 3.75. The fraction of sp³-hybridized carbons (Fsp3) is 0.0833. The Morgan fingerprint density at radius 2 is 2.13 bits per heavy atom. The van der Waals surface area contributed by atoms with Gasteiger partial charge in [0.25, 0.3) is 0 Å². The van der Waals surface area contributed by atoms with Gasteiger partial charge in [-0.1, -0.05) is 30.3 Å². The van der Waals surface area contributed by atoms with Crippen LogP contribution in [0.5, 0.6) is 5.75 Å². The summed E-state index contributed by atoms with van der Waals surface area (Å²) in [6, 6.07) is 1.68. The van der Waals surface area contributed by atoms with Crippen LogP contribution in [0.25, 0.3) is 6.08 Å². The van der Waals surface area contributed by atoms with Crippen molar-refractivity contribution in [2.24, 2.45) is 4.99 Å². The first kappa shape index (κ1) is 11.5. The van der Waals surface area contributed by atoms with Gasteiger partial charge in [0.1, 0.15) is 11.4 Å². The highest BCUT2D eigenvalue weighted by molar-refractivity contribution is 6.32. The molecule has 0 radical (unpaired) electrons. The standard InChI is InChI=1S/C12H12ClNO/c1-4-6-8-7-10(13)9(5-2)11(14-3)12(8)15/h4-5,7,15H,1-3,6H2. The second-order valence-electron chi connectivity index (χ2n) is 2.98. The van der Waals surface area contributed by atoms with E-state index in [4.69, 9.17) is 11.6 Å². The number of rotatable bonds is 4. The van der Waals surface area contributed by atoms with Gasteiger partial charge in [-0.05, 0) is 19.2 Å². The Kier molecular flexibility index (Phi) is 3.69. The number of phenolic OH excluding ortho intramolecular Hbond substituents is 1. The van der Waals surface area contributed by atoms with Gasteiger partial charge >= 0.3 is 0 Å². The predicted octanol–water partition coefficient (Wildman–Crippen LogP) is 3.75. The lowest BCUT2D eigenvalue weighted by Crippen LogP contribution is -1.87. The van der Waals surface area contributed by atoms with Crippen molar-refractivity contribution >= 4 is 30.1 Å². The van der Waals surface area contributed by atoms with Gasteiger partial charge in [0, 0.05) is 11.1 Å². The molecule has 0 saturated carbocycles. The molecule has 0 saturated heterocycles. The Bertz CT molecular complexity index is 424. The van der Waals surface area contributed by atoms with E-state index in [1.807, 2.05) is 0 Å². The number of aliphatic imine (C=N–C) groups is 1. The van der Waals surface area contributed by atoms with Crippen molar-refractivity contribution < 1.29 is 5.11 Å². The van der Waals surface area contributed by atoms with E-state index in [9.17, 15) is 5.11 Å². The number of halogens is 1. The lowest BCUT2D eigenvalue weighted by atomic mass is 10.0. The Hall–Kier alpha value is -1.54. The first-order valence-corrected chi connectivity index (χ1v) is 4.77. The van der Waals surface area contributed by atoms with Gasteiger partial charge in [0.15, 0.2) is 0 Å². The van der Waals surface area contributed by atoms with Crippen LogP contribution >= 0.6 is 11.6 Å². The van der Waals surface area contributed by atoms with Crippen molar-refractivity contribution in [2.45, 2.75) is 6.42 Å². The molecule has 0 unspecified atom stereocenters. The fourth-order valence-electron chi connectivity index (χ4n) is 1.36. The predicted molar refractivity (Wildman–Crippen MR) is 66.3 cm³/mol. The molecule has 1 aromatic carbocycles. The molecule has 0 amide bonds. The third kappa shape index (κ3) is 2.10. The van der Waals surface area contributed by atoms with E-state index >= 15 is 0 Å². The van der Waals surface area contributed by atoms with Crippen LogP contribution in [0.1, 0.15) is 11.1 Å². The molecule has 0 fully saturated rings. The van der Waals surface area contributed by atoms with Gasteiger partial charge in [-0.15, -0.1) is 6.58 Å². The van der Waals surface area contributed by atoms with Crippen molar-refractivity contribution in [2.75, 3.05) is 0 Å². The summed E-state index contributed by atoms with van der Waals surface area (Å²) in [6.45, 7) is 10.6. The molecule has 1 aromatic rings. The molecule has 2 nitrogen and oxygen atoms in total. The van der Waals surface area contributed by atoms with E-state index in [1.54, 1.807) is 18.2 Å². The quantitative estimate of drug-likeness (QED) is 0.610. The zero-order valence-electron chi connectivity index (χ0n) is 8.33. The Morgan fingerprint density at radius 3 is 2.60 bits per heavy atom. The van der Waals surface area contributed by atoms with Crippen LogP contribution in [0, 0.1) is 0 Å². The molecular weight excluding hydrogens is 210 g/mol. The molecule has 15 heavy (non-hydrogen) atoms. The van der Waals surface area contributed by atoms with Crippen molar-refractivity contribution in [1.29, 1.82) is 0 Å². The molecule has 0 bridgehead atoms. The van der Waals surface area contributed by atoms with E-state index in [-0.39, 0.29) is 5.75 Å². The fourth-order valence-corrected chi connectivity index (χ4v) is 1.66. The summed E-state index contributed by atoms with van der Waals surface area (Å²) in [5.74, 6) is 0.0872. The molecule has 0 aromatic heterocycles. The van der Waals surface area contributed by atoms with Gasteiger partial charge in [-0.25, -0.2) is 0 Å². The maximum absolute atomic E-state index is 9.87. The van der Waals surface area contributed by atoms with Crippen molar-refractivity contribution in [3.05, 3.63) is 41.4 Å². The molecule has 1 N–H and O–H groups in total. The molecule has 3 heteroatoms. The summed E-state index contributed by atoms with van der Waals surface area (Å²) in [6.07, 6.45) is 3.76. The average Bonchev–Trinajstić information content (AvgIpc) is 2.22. The highest BCUT2D eigenvalue weighted by Crippen LogP contribution is 2.39. The third-order valence-corrected chi connectivity index (χ3v) is 2.38. The second kappa shape index (κ2) is 4.80. The van der Waals surface area contributed by atoms with E-state index in [0.29, 0.717) is 28.3 Å². The molecule has 0 atom stereocenters. The Balaban J connectivity index is 3.50. The zero-order valence-corrected chi connectivity index (χ0v) is 9.09. The van der Waals surface area contributed by atoms with Gasteiger partial charge in [-0.3, -0.25) is 4.99 Å². The van der Waals surface area contributed by atoms with E-state index in [1.165, 1.54) is 0 Å². The van der Waals surface area contributed by atoms with Crippen molar-refractivity contribution in [3.8, 4) is 5.75 Å². The normalized spacial score (nSPS) is 9.67. The molecule has 0 aliphatic rings. The van der Waals surface area contributed by atoms with Crippen LogP contribution in [-0.4, -0.2) is 11.8 Å². The Labute approximate surface area is 94.2 Å². The number of nitrogens with zero attached hydrogens (tertiary/aromatic N) is 1. The van der Waals surface area contributed by atoms with E-state index in [0.717, 1.165) is 0 Å². The molecule has 0 spiro atoms. The van der Waals surface area contributed by atoms with Crippen LogP contribution in [0.2, 0.25) is 5.02 Å². The molecular formula is C12H12ClNO. The minimum atomic E-state index is 0.0872. The summed E-state index contributed by atoms with van der Waals surface area (Å²) in [5.41, 5.74) is 1.65. The average molecular weight is 222 g/mol. The lowest BCUT2D eigenvalue weighted by molar-refractivity contribution is 0.471. The van der Waals surface area contributed by atoms with Gasteiger partial charge < -0.3 is 5.11 Å². The summed E-state index contributed by atoms with van der Waals surface area (Å²) in [5, 5.41) is 10.4. The number of aromatic hydroxyl groups is 1. The Morgan fingerprint density at radius 1 is 1.47 bits per heavy atom. The van der Waals surface area contributed by atoms with Gasteiger partial charge in [-0.2, -0.15) is 0 Å². The molecule has 78 valence electrons. The summed E-state index contributed by atoms with van der Waals surface area (Å²) >= 11 is 6.02. The summed E-state index contributed by atoms with van der Waals surface area (Å²) < 4.78 is 0. The second-order valence-corrected chi connectivity index (χ2v) is 3.39. The molecule has 1 rings (SSSR count). The largest absolute Gasteiger partial charge is 0.505 e. The number of hydrogen-bond donors (Lipinski definition) is 1. The first-order chi connectivity index (χ1) is 7.15. The molecule has 0 aliphatic carbocycles. The monoisotopic (exact) mass is 221 g/mol. The summed E-state index contributed by atoms with van der Waals surface area (Å²) in [7, 11) is 0. The van der Waals surface area contributed by atoms with Crippen molar-refractivity contribution in [3.63, 3.8) is 0 Å². The van der Waals surface area contributed by atoms with Crippen LogP contribution in [0.15, 0.2) is 30.3 Å². The van der Waals surface area contributed by atoms with Crippen LogP contribution in [0.4, 0.5) is 5.69 Å². The maximum atomic E-state index is 9.87. The lowest BCUT2D eigenvalue weighted by Gasteiger charge is -2.10. The van der Waals surface area contributed by atoms with Crippen LogP contribution < -0.4 is 0 Å². The van der Waals surface area contributed by atoms with Crippen LogP contribution in [0.3, 0.4) is 0 Å². The van der Waals surface area contributed by atoms with Gasteiger partial charge in [0.05, 0.1) is 5.02 Å². The van der Waals surface area contributed by atoms with E-state index < -0.39 is 0 Å². The smallest absolute Gasteiger partial charge is 0.145 e. The SMILES string of the molecule is C=CCc1cc(Cl)c(C=C)c(N=C)c1O.